The summed E-state index contributed by atoms with van der Waals surface area (Å²) in [5, 5.41) is 0.928. The molecule has 1 aromatic carbocycles. The van der Waals surface area contributed by atoms with E-state index in [0.29, 0.717) is 21.9 Å². The van der Waals surface area contributed by atoms with Gasteiger partial charge in [0.15, 0.2) is 0 Å². The van der Waals surface area contributed by atoms with Gasteiger partial charge in [-0.2, -0.15) is 4.98 Å². The molecule has 1 aliphatic heterocycles. The van der Waals surface area contributed by atoms with E-state index in [-0.39, 0.29) is 11.2 Å². The summed E-state index contributed by atoms with van der Waals surface area (Å²) in [6.07, 6.45) is 0. The van der Waals surface area contributed by atoms with Crippen molar-refractivity contribution in [1.29, 1.82) is 0 Å². The van der Waals surface area contributed by atoms with E-state index >= 15 is 0 Å². The van der Waals surface area contributed by atoms with E-state index in [4.69, 9.17) is 16.0 Å². The molecule has 1 saturated heterocycles. The average molecular weight is 322 g/mol. The van der Waals surface area contributed by atoms with E-state index in [1.807, 2.05) is 4.90 Å². The minimum atomic E-state index is -0.388. The summed E-state index contributed by atoms with van der Waals surface area (Å²) in [7, 11) is 0. The summed E-state index contributed by atoms with van der Waals surface area (Å²) >= 11 is 5.91. The van der Waals surface area contributed by atoms with Crippen molar-refractivity contribution in [2.24, 2.45) is 0 Å². The second kappa shape index (κ2) is 5.56. The molecule has 5 nitrogen and oxygen atoms in total. The molecule has 0 spiro atoms. The van der Waals surface area contributed by atoms with E-state index in [1.165, 1.54) is 0 Å². The van der Waals surface area contributed by atoms with Crippen molar-refractivity contribution >= 4 is 28.5 Å². The molecule has 0 amide bonds. The standard InChI is InChI=1S/C16H20ClN3O2/c1-16(2,3)20-8-6-19(7-9-20)15-18-13-5-4-11(17)10-12(13)14(21)22-15/h4-5,10H,6-9H2,1-3H3. The molecule has 118 valence electrons. The molecule has 0 saturated carbocycles. The number of piperazine rings is 1. The van der Waals surface area contributed by atoms with Gasteiger partial charge in [-0.15, -0.1) is 0 Å². The smallest absolute Gasteiger partial charge is 0.348 e. The lowest BCUT2D eigenvalue weighted by Crippen LogP contribution is -2.53. The Kier molecular flexibility index (Phi) is 3.87. The van der Waals surface area contributed by atoms with Gasteiger partial charge < -0.3 is 9.32 Å². The largest absolute Gasteiger partial charge is 0.389 e. The lowest BCUT2D eigenvalue weighted by Gasteiger charge is -2.41. The lowest BCUT2D eigenvalue weighted by atomic mass is 10.1. The van der Waals surface area contributed by atoms with Crippen molar-refractivity contribution in [1.82, 2.24) is 9.88 Å². The van der Waals surface area contributed by atoms with Crippen molar-refractivity contribution in [3.05, 3.63) is 33.6 Å². The Bertz CT molecular complexity index is 743. The first kappa shape index (κ1) is 15.3. The van der Waals surface area contributed by atoms with Crippen LogP contribution in [0.1, 0.15) is 20.8 Å². The van der Waals surface area contributed by atoms with Crippen LogP contribution in [0.2, 0.25) is 5.02 Å². The average Bonchev–Trinajstić information content (AvgIpc) is 2.47. The van der Waals surface area contributed by atoms with Crippen LogP contribution in [0.4, 0.5) is 6.01 Å². The highest BCUT2D eigenvalue weighted by Gasteiger charge is 2.27. The molecule has 1 fully saturated rings. The Balaban J connectivity index is 1.86. The first-order chi connectivity index (χ1) is 10.3. The molecular weight excluding hydrogens is 302 g/mol. The normalized spacial score (nSPS) is 17.2. The quantitative estimate of drug-likeness (QED) is 0.808. The zero-order valence-corrected chi connectivity index (χ0v) is 13.9. The second-order valence-electron chi connectivity index (χ2n) is 6.59. The molecule has 0 N–H and O–H groups in total. The predicted octanol–water partition coefficient (Wildman–Crippen LogP) is 2.76. The van der Waals surface area contributed by atoms with Crippen LogP contribution in [-0.4, -0.2) is 41.6 Å². The number of benzene rings is 1. The van der Waals surface area contributed by atoms with Gasteiger partial charge in [-0.3, -0.25) is 4.90 Å². The molecule has 1 aliphatic rings. The SMILES string of the molecule is CC(C)(C)N1CCN(c2nc3ccc(Cl)cc3c(=O)o2)CC1. The van der Waals surface area contributed by atoms with Gasteiger partial charge in [0.05, 0.1) is 10.9 Å². The fraction of sp³-hybridized carbons (Fsp3) is 0.500. The maximum Gasteiger partial charge on any atom is 0.348 e. The Morgan fingerprint density at radius 1 is 1.18 bits per heavy atom. The van der Waals surface area contributed by atoms with Gasteiger partial charge in [0.1, 0.15) is 0 Å². The Morgan fingerprint density at radius 2 is 1.86 bits per heavy atom. The van der Waals surface area contributed by atoms with Crippen molar-refractivity contribution in [3.63, 3.8) is 0 Å². The molecule has 22 heavy (non-hydrogen) atoms. The third kappa shape index (κ3) is 2.96. The highest BCUT2D eigenvalue weighted by atomic mass is 35.5. The summed E-state index contributed by atoms with van der Waals surface area (Å²) in [5.41, 5.74) is 0.384. The van der Waals surface area contributed by atoms with Crippen molar-refractivity contribution in [2.75, 3.05) is 31.1 Å². The number of aromatic nitrogens is 1. The summed E-state index contributed by atoms with van der Waals surface area (Å²) in [5.74, 6) is 0. The molecule has 2 aromatic rings. The third-order valence-electron chi connectivity index (χ3n) is 4.08. The highest BCUT2D eigenvalue weighted by Crippen LogP contribution is 2.21. The van der Waals surface area contributed by atoms with Crippen LogP contribution >= 0.6 is 11.6 Å². The minimum Gasteiger partial charge on any atom is -0.389 e. The molecule has 3 rings (SSSR count). The van der Waals surface area contributed by atoms with Crippen LogP contribution in [0, 0.1) is 0 Å². The minimum absolute atomic E-state index is 0.153. The van der Waals surface area contributed by atoms with E-state index in [9.17, 15) is 4.79 Å². The van der Waals surface area contributed by atoms with Crippen LogP contribution in [0.25, 0.3) is 10.9 Å². The second-order valence-corrected chi connectivity index (χ2v) is 7.03. The summed E-state index contributed by atoms with van der Waals surface area (Å²) < 4.78 is 5.39. The number of anilines is 1. The third-order valence-corrected chi connectivity index (χ3v) is 4.31. The van der Waals surface area contributed by atoms with Gasteiger partial charge in [0.25, 0.3) is 0 Å². The van der Waals surface area contributed by atoms with Crippen LogP contribution in [0.3, 0.4) is 0 Å². The number of fused-ring (bicyclic) bond motifs is 1. The van der Waals surface area contributed by atoms with E-state index in [0.717, 1.165) is 26.2 Å². The van der Waals surface area contributed by atoms with Crippen molar-refractivity contribution in [3.8, 4) is 0 Å². The first-order valence-corrected chi connectivity index (χ1v) is 7.83. The molecule has 6 heteroatoms. The van der Waals surface area contributed by atoms with Crippen molar-refractivity contribution < 1.29 is 4.42 Å². The van der Waals surface area contributed by atoms with E-state index in [2.05, 4.69) is 30.7 Å². The fourth-order valence-electron chi connectivity index (χ4n) is 2.74. The molecule has 2 heterocycles. The number of hydrogen-bond acceptors (Lipinski definition) is 5. The molecule has 0 radical (unpaired) electrons. The Morgan fingerprint density at radius 3 is 2.50 bits per heavy atom. The molecular formula is C16H20ClN3O2. The summed E-state index contributed by atoms with van der Waals surface area (Å²) in [4.78, 5) is 21.0. The van der Waals surface area contributed by atoms with Gasteiger partial charge in [-0.1, -0.05) is 11.6 Å². The number of rotatable bonds is 1. The zero-order chi connectivity index (χ0) is 15.9. The Hall–Kier alpha value is -1.59. The van der Waals surface area contributed by atoms with Crippen LogP contribution in [-0.2, 0) is 0 Å². The fourth-order valence-corrected chi connectivity index (χ4v) is 2.91. The van der Waals surface area contributed by atoms with E-state index < -0.39 is 0 Å². The van der Waals surface area contributed by atoms with E-state index in [1.54, 1.807) is 18.2 Å². The molecule has 0 aliphatic carbocycles. The van der Waals surface area contributed by atoms with Gasteiger partial charge in [-0.05, 0) is 39.0 Å². The van der Waals surface area contributed by atoms with Crippen LogP contribution < -0.4 is 10.5 Å². The number of halogens is 1. The first-order valence-electron chi connectivity index (χ1n) is 7.45. The molecule has 0 bridgehead atoms. The Labute approximate surface area is 134 Å². The van der Waals surface area contributed by atoms with Crippen molar-refractivity contribution in [2.45, 2.75) is 26.3 Å². The lowest BCUT2D eigenvalue weighted by molar-refractivity contribution is 0.126. The highest BCUT2D eigenvalue weighted by molar-refractivity contribution is 6.31. The van der Waals surface area contributed by atoms with Gasteiger partial charge in [0.2, 0.25) is 0 Å². The molecule has 0 unspecified atom stereocenters. The van der Waals surface area contributed by atoms with Crippen LogP contribution in [0.15, 0.2) is 27.4 Å². The summed E-state index contributed by atoms with van der Waals surface area (Å²) in [6, 6.07) is 5.48. The maximum absolute atomic E-state index is 12.1. The number of hydrogen-bond donors (Lipinski definition) is 0. The monoisotopic (exact) mass is 321 g/mol. The number of nitrogens with zero attached hydrogens (tertiary/aromatic N) is 3. The molecule has 0 atom stereocenters. The maximum atomic E-state index is 12.1. The summed E-state index contributed by atoms with van der Waals surface area (Å²) in [6.45, 7) is 10.1. The topological polar surface area (TPSA) is 49.6 Å². The van der Waals surface area contributed by atoms with Gasteiger partial charge in [0, 0.05) is 36.7 Å². The zero-order valence-electron chi connectivity index (χ0n) is 13.1. The van der Waals surface area contributed by atoms with Gasteiger partial charge >= 0.3 is 11.6 Å². The predicted molar refractivity (Wildman–Crippen MR) is 88.8 cm³/mol. The van der Waals surface area contributed by atoms with Gasteiger partial charge in [-0.25, -0.2) is 4.79 Å². The molecule has 1 aromatic heterocycles. The van der Waals surface area contributed by atoms with Crippen LogP contribution in [0.5, 0.6) is 0 Å².